The third-order valence-corrected chi connectivity index (χ3v) is 5.20. The zero-order valence-electron chi connectivity index (χ0n) is 16.8. The fourth-order valence-electron chi connectivity index (χ4n) is 3.48. The van der Waals surface area contributed by atoms with Crippen molar-refractivity contribution in [1.82, 2.24) is 4.98 Å². The highest BCUT2D eigenvalue weighted by molar-refractivity contribution is 6.04. The number of amides is 1. The monoisotopic (exact) mass is 387 g/mol. The summed E-state index contributed by atoms with van der Waals surface area (Å²) >= 11 is 0. The first-order valence-corrected chi connectivity index (χ1v) is 9.88. The van der Waals surface area contributed by atoms with Gasteiger partial charge in [0, 0.05) is 36.2 Å². The Bertz CT molecular complexity index is 992. The Balaban J connectivity index is 1.44. The van der Waals surface area contributed by atoms with Gasteiger partial charge in [0.15, 0.2) is 0 Å². The molecule has 1 aliphatic rings. The number of benzene rings is 2. The van der Waals surface area contributed by atoms with Gasteiger partial charge in [-0.25, -0.2) is 0 Å². The predicted octanol–water partition coefficient (Wildman–Crippen LogP) is 4.45. The second-order valence-corrected chi connectivity index (χ2v) is 7.35. The molecule has 148 valence electrons. The van der Waals surface area contributed by atoms with Crippen molar-refractivity contribution < 1.29 is 9.53 Å². The summed E-state index contributed by atoms with van der Waals surface area (Å²) in [5.74, 6) is -0.163. The molecule has 1 aliphatic heterocycles. The summed E-state index contributed by atoms with van der Waals surface area (Å²) in [6, 6.07) is 17.9. The van der Waals surface area contributed by atoms with E-state index in [2.05, 4.69) is 47.2 Å². The molecule has 2 aromatic carbocycles. The lowest BCUT2D eigenvalue weighted by Crippen LogP contribution is -2.36. The van der Waals surface area contributed by atoms with Crippen molar-refractivity contribution in [3.8, 4) is 11.3 Å². The van der Waals surface area contributed by atoms with Crippen LogP contribution in [-0.4, -0.2) is 37.2 Å². The molecular weight excluding hydrogens is 362 g/mol. The van der Waals surface area contributed by atoms with Crippen LogP contribution in [0.15, 0.2) is 60.8 Å². The number of nitrogens with one attached hydrogen (secondary N) is 1. The lowest BCUT2D eigenvalue weighted by atomic mass is 10.0. The van der Waals surface area contributed by atoms with Crippen molar-refractivity contribution in [3.05, 3.63) is 77.5 Å². The van der Waals surface area contributed by atoms with Crippen LogP contribution in [0.4, 0.5) is 11.4 Å². The van der Waals surface area contributed by atoms with Gasteiger partial charge in [-0.3, -0.25) is 9.78 Å². The molecule has 1 amide bonds. The molecule has 4 rings (SSSR count). The molecule has 0 spiro atoms. The highest BCUT2D eigenvalue weighted by atomic mass is 16.5. The number of pyridine rings is 1. The van der Waals surface area contributed by atoms with Gasteiger partial charge in [-0.15, -0.1) is 0 Å². The average molecular weight is 387 g/mol. The number of anilines is 2. The molecule has 1 fully saturated rings. The lowest BCUT2D eigenvalue weighted by Gasteiger charge is -2.28. The maximum Gasteiger partial charge on any atom is 0.257 e. The summed E-state index contributed by atoms with van der Waals surface area (Å²) in [5.41, 5.74) is 6.77. The van der Waals surface area contributed by atoms with Crippen molar-refractivity contribution in [1.29, 1.82) is 0 Å². The van der Waals surface area contributed by atoms with Crippen LogP contribution in [0.2, 0.25) is 0 Å². The van der Waals surface area contributed by atoms with E-state index in [1.54, 1.807) is 6.20 Å². The third kappa shape index (κ3) is 4.46. The first kappa shape index (κ1) is 19.2. The summed E-state index contributed by atoms with van der Waals surface area (Å²) in [7, 11) is 0. The SMILES string of the molecule is Cc1ccc(C)c(-c2ccc(C(=O)Nc3ccc(N4CCOCC4)cc3)cn2)c1. The van der Waals surface area contributed by atoms with Crippen LogP contribution in [0.5, 0.6) is 0 Å². The first-order valence-electron chi connectivity index (χ1n) is 9.88. The Morgan fingerprint density at radius 2 is 1.76 bits per heavy atom. The summed E-state index contributed by atoms with van der Waals surface area (Å²) < 4.78 is 5.39. The summed E-state index contributed by atoms with van der Waals surface area (Å²) in [6.45, 7) is 7.42. The van der Waals surface area contributed by atoms with Gasteiger partial charge in [0.25, 0.3) is 5.91 Å². The maximum atomic E-state index is 12.6. The van der Waals surface area contributed by atoms with E-state index in [0.717, 1.165) is 48.9 Å². The molecule has 2 heterocycles. The van der Waals surface area contributed by atoms with Crippen molar-refractivity contribution in [2.75, 3.05) is 36.5 Å². The van der Waals surface area contributed by atoms with E-state index < -0.39 is 0 Å². The van der Waals surface area contributed by atoms with Crippen molar-refractivity contribution in [3.63, 3.8) is 0 Å². The molecule has 0 unspecified atom stereocenters. The number of aryl methyl sites for hydroxylation is 2. The van der Waals surface area contributed by atoms with Crippen LogP contribution in [0.3, 0.4) is 0 Å². The summed E-state index contributed by atoms with van der Waals surface area (Å²) in [5, 5.41) is 2.95. The van der Waals surface area contributed by atoms with Crippen LogP contribution in [0.1, 0.15) is 21.5 Å². The number of carbonyl (C=O) groups is 1. The molecule has 5 nitrogen and oxygen atoms in total. The van der Waals surface area contributed by atoms with Crippen LogP contribution < -0.4 is 10.2 Å². The molecule has 1 aromatic heterocycles. The topological polar surface area (TPSA) is 54.5 Å². The van der Waals surface area contributed by atoms with E-state index >= 15 is 0 Å². The molecule has 0 bridgehead atoms. The van der Waals surface area contributed by atoms with Gasteiger partial charge in [-0.2, -0.15) is 0 Å². The standard InChI is InChI=1S/C24H25N3O2/c1-17-3-4-18(2)22(15-17)23-10-5-19(16-25-23)24(28)26-20-6-8-21(9-7-20)27-11-13-29-14-12-27/h3-10,15-16H,11-14H2,1-2H3,(H,26,28). The molecule has 0 atom stereocenters. The van der Waals surface area contributed by atoms with E-state index in [0.29, 0.717) is 5.56 Å². The first-order chi connectivity index (χ1) is 14.1. The quantitative estimate of drug-likeness (QED) is 0.718. The number of carbonyl (C=O) groups excluding carboxylic acids is 1. The van der Waals surface area contributed by atoms with E-state index in [4.69, 9.17) is 4.74 Å². The highest BCUT2D eigenvalue weighted by Gasteiger charge is 2.12. The highest BCUT2D eigenvalue weighted by Crippen LogP contribution is 2.23. The zero-order valence-corrected chi connectivity index (χ0v) is 16.8. The van der Waals surface area contributed by atoms with Gasteiger partial charge < -0.3 is 15.0 Å². The van der Waals surface area contributed by atoms with Gasteiger partial charge in [-0.1, -0.05) is 17.7 Å². The maximum absolute atomic E-state index is 12.6. The molecule has 0 aliphatic carbocycles. The number of aromatic nitrogens is 1. The number of ether oxygens (including phenoxy) is 1. The molecule has 0 saturated carbocycles. The minimum absolute atomic E-state index is 0.163. The van der Waals surface area contributed by atoms with Crippen LogP contribution >= 0.6 is 0 Å². The Labute approximate surface area is 171 Å². The number of hydrogen-bond acceptors (Lipinski definition) is 4. The Hall–Kier alpha value is -3.18. The number of rotatable bonds is 4. The zero-order chi connectivity index (χ0) is 20.2. The van der Waals surface area contributed by atoms with Crippen molar-refractivity contribution in [2.45, 2.75) is 13.8 Å². The van der Waals surface area contributed by atoms with E-state index in [1.165, 1.54) is 11.1 Å². The van der Waals surface area contributed by atoms with Crippen LogP contribution in [-0.2, 0) is 4.74 Å². The average Bonchev–Trinajstić information content (AvgIpc) is 2.77. The van der Waals surface area contributed by atoms with E-state index in [1.807, 2.05) is 36.4 Å². The Kier molecular flexibility index (Phi) is 5.58. The third-order valence-electron chi connectivity index (χ3n) is 5.20. The molecule has 5 heteroatoms. The van der Waals surface area contributed by atoms with Gasteiger partial charge >= 0.3 is 0 Å². The number of nitrogens with zero attached hydrogens (tertiary/aromatic N) is 2. The van der Waals surface area contributed by atoms with Gasteiger partial charge in [-0.05, 0) is 61.9 Å². The fourth-order valence-corrected chi connectivity index (χ4v) is 3.48. The molecule has 1 saturated heterocycles. The molecular formula is C24H25N3O2. The Morgan fingerprint density at radius 1 is 1.00 bits per heavy atom. The van der Waals surface area contributed by atoms with E-state index in [9.17, 15) is 4.79 Å². The lowest BCUT2D eigenvalue weighted by molar-refractivity contribution is 0.102. The molecule has 3 aromatic rings. The van der Waals surface area contributed by atoms with Crippen molar-refractivity contribution >= 4 is 17.3 Å². The molecule has 29 heavy (non-hydrogen) atoms. The summed E-state index contributed by atoms with van der Waals surface area (Å²) in [4.78, 5) is 19.4. The van der Waals surface area contributed by atoms with Crippen molar-refractivity contribution in [2.24, 2.45) is 0 Å². The largest absolute Gasteiger partial charge is 0.378 e. The van der Waals surface area contributed by atoms with Crippen LogP contribution in [0.25, 0.3) is 11.3 Å². The Morgan fingerprint density at radius 3 is 2.45 bits per heavy atom. The molecule has 1 N–H and O–H groups in total. The second kappa shape index (κ2) is 8.45. The minimum atomic E-state index is -0.163. The fraction of sp³-hybridized carbons (Fsp3) is 0.250. The smallest absolute Gasteiger partial charge is 0.257 e. The van der Waals surface area contributed by atoms with Gasteiger partial charge in [0.2, 0.25) is 0 Å². The predicted molar refractivity (Wildman–Crippen MR) is 117 cm³/mol. The van der Waals surface area contributed by atoms with Gasteiger partial charge in [0.05, 0.1) is 24.5 Å². The van der Waals surface area contributed by atoms with Gasteiger partial charge in [0.1, 0.15) is 0 Å². The summed E-state index contributed by atoms with van der Waals surface area (Å²) in [6.07, 6.45) is 1.63. The second-order valence-electron chi connectivity index (χ2n) is 7.35. The number of morpholine rings is 1. The minimum Gasteiger partial charge on any atom is -0.378 e. The number of hydrogen-bond donors (Lipinski definition) is 1. The normalized spacial score (nSPS) is 13.9. The van der Waals surface area contributed by atoms with Crippen LogP contribution in [0, 0.1) is 13.8 Å². The molecule has 0 radical (unpaired) electrons. The van der Waals surface area contributed by atoms with E-state index in [-0.39, 0.29) is 5.91 Å².